The lowest BCUT2D eigenvalue weighted by Crippen LogP contribution is -2.33. The normalized spacial score (nSPS) is 12.8. The van der Waals surface area contributed by atoms with E-state index in [0.29, 0.717) is 29.5 Å². The van der Waals surface area contributed by atoms with Crippen LogP contribution >= 0.6 is 11.3 Å². The molecule has 9 heteroatoms. The summed E-state index contributed by atoms with van der Waals surface area (Å²) in [6.45, 7) is 6.14. The minimum atomic E-state index is -0.406. The smallest absolute Gasteiger partial charge is 0.261 e. The molecule has 1 aliphatic rings. The van der Waals surface area contributed by atoms with Gasteiger partial charge in [0, 0.05) is 36.5 Å². The van der Waals surface area contributed by atoms with Crippen molar-refractivity contribution in [2.45, 2.75) is 27.3 Å². The van der Waals surface area contributed by atoms with E-state index in [-0.39, 0.29) is 34.8 Å². The third-order valence-corrected chi connectivity index (χ3v) is 6.05. The number of benzene rings is 2. The van der Waals surface area contributed by atoms with Gasteiger partial charge in [-0.1, -0.05) is 38.1 Å². The van der Waals surface area contributed by atoms with E-state index in [4.69, 9.17) is 0 Å². The quantitative estimate of drug-likeness (QED) is 0.502. The van der Waals surface area contributed by atoms with Crippen molar-refractivity contribution in [1.29, 1.82) is 0 Å². The lowest BCUT2D eigenvalue weighted by atomic mass is 10.1. The van der Waals surface area contributed by atoms with Crippen molar-refractivity contribution in [1.82, 2.24) is 15.2 Å². The molecule has 2 aromatic carbocycles. The highest BCUT2D eigenvalue weighted by Gasteiger charge is 2.36. The minimum absolute atomic E-state index is 0.0869. The van der Waals surface area contributed by atoms with E-state index in [9.17, 15) is 19.2 Å². The molecule has 2 N–H and O–H groups in total. The SMILES string of the molecule is CC(=O)NCc1ccc(-c2csc(NC(=O)c3ccc4c(c3)C(=O)N(CC(C)C)C4=O)n2)cc1. The number of amides is 4. The maximum absolute atomic E-state index is 12.8. The topological polar surface area (TPSA) is 108 Å². The highest BCUT2D eigenvalue weighted by atomic mass is 32.1. The number of aromatic nitrogens is 1. The molecule has 34 heavy (non-hydrogen) atoms. The second-order valence-corrected chi connectivity index (χ2v) is 9.33. The van der Waals surface area contributed by atoms with Crippen LogP contribution in [0.25, 0.3) is 11.3 Å². The van der Waals surface area contributed by atoms with E-state index in [2.05, 4.69) is 15.6 Å². The summed E-state index contributed by atoms with van der Waals surface area (Å²) < 4.78 is 0. The average molecular weight is 477 g/mol. The number of hydrogen-bond acceptors (Lipinski definition) is 6. The second-order valence-electron chi connectivity index (χ2n) is 8.47. The Balaban J connectivity index is 1.45. The molecule has 1 aromatic heterocycles. The van der Waals surface area contributed by atoms with Crippen LogP contribution in [0.5, 0.6) is 0 Å². The molecule has 4 amide bonds. The van der Waals surface area contributed by atoms with Crippen molar-refractivity contribution in [3.05, 3.63) is 70.1 Å². The van der Waals surface area contributed by atoms with Crippen molar-refractivity contribution in [2.24, 2.45) is 5.92 Å². The number of imide groups is 1. The van der Waals surface area contributed by atoms with Crippen LogP contribution in [0, 0.1) is 5.92 Å². The molecule has 0 saturated heterocycles. The molecule has 0 bridgehead atoms. The summed E-state index contributed by atoms with van der Waals surface area (Å²) in [4.78, 5) is 54.7. The molecular weight excluding hydrogens is 452 g/mol. The van der Waals surface area contributed by atoms with Crippen LogP contribution in [0.4, 0.5) is 5.13 Å². The van der Waals surface area contributed by atoms with Crippen LogP contribution in [-0.2, 0) is 11.3 Å². The summed E-state index contributed by atoms with van der Waals surface area (Å²) in [6, 6.07) is 12.2. The lowest BCUT2D eigenvalue weighted by molar-refractivity contribution is -0.119. The number of carbonyl (C=O) groups is 4. The molecule has 0 saturated carbocycles. The number of fused-ring (bicyclic) bond motifs is 1. The number of carbonyl (C=O) groups excluding carboxylic acids is 4. The first kappa shape index (κ1) is 23.3. The number of anilines is 1. The van der Waals surface area contributed by atoms with Crippen molar-refractivity contribution in [3.8, 4) is 11.3 Å². The van der Waals surface area contributed by atoms with Gasteiger partial charge in [0.2, 0.25) is 5.91 Å². The molecule has 0 aliphatic carbocycles. The Morgan fingerprint density at radius 1 is 1.03 bits per heavy atom. The van der Waals surface area contributed by atoms with Crippen LogP contribution in [-0.4, -0.2) is 40.1 Å². The second kappa shape index (κ2) is 9.56. The Labute approximate surface area is 201 Å². The van der Waals surface area contributed by atoms with Crippen LogP contribution in [0.15, 0.2) is 47.8 Å². The maximum Gasteiger partial charge on any atom is 0.261 e. The maximum atomic E-state index is 12.8. The van der Waals surface area contributed by atoms with E-state index in [1.165, 1.54) is 35.3 Å². The minimum Gasteiger partial charge on any atom is -0.352 e. The van der Waals surface area contributed by atoms with Gasteiger partial charge in [0.25, 0.3) is 17.7 Å². The fourth-order valence-electron chi connectivity index (χ4n) is 3.62. The summed E-state index contributed by atoms with van der Waals surface area (Å²) in [5.41, 5.74) is 3.42. The van der Waals surface area contributed by atoms with Crippen LogP contribution in [0.3, 0.4) is 0 Å². The number of hydrogen-bond donors (Lipinski definition) is 2. The number of thiazole rings is 1. The van der Waals surface area contributed by atoms with Gasteiger partial charge in [0.05, 0.1) is 16.8 Å². The van der Waals surface area contributed by atoms with Gasteiger partial charge in [-0.25, -0.2) is 4.98 Å². The summed E-state index contributed by atoms with van der Waals surface area (Å²) in [5, 5.41) is 7.78. The van der Waals surface area contributed by atoms with Gasteiger partial charge in [-0.05, 0) is 29.7 Å². The zero-order chi connectivity index (χ0) is 24.4. The molecule has 0 spiro atoms. The predicted molar refractivity (Wildman–Crippen MR) is 130 cm³/mol. The van der Waals surface area contributed by atoms with E-state index < -0.39 is 5.91 Å². The monoisotopic (exact) mass is 476 g/mol. The molecule has 1 aliphatic heterocycles. The zero-order valence-corrected chi connectivity index (χ0v) is 19.9. The molecule has 3 aromatic rings. The Morgan fingerprint density at radius 2 is 1.74 bits per heavy atom. The van der Waals surface area contributed by atoms with Crippen molar-refractivity contribution >= 4 is 40.1 Å². The fraction of sp³-hybridized carbons (Fsp3) is 0.240. The van der Waals surface area contributed by atoms with Crippen LogP contribution in [0.1, 0.15) is 57.4 Å². The number of nitrogens with zero attached hydrogens (tertiary/aromatic N) is 2. The summed E-state index contributed by atoms with van der Waals surface area (Å²) in [6.07, 6.45) is 0. The Bertz CT molecular complexity index is 1280. The van der Waals surface area contributed by atoms with Gasteiger partial charge in [-0.2, -0.15) is 0 Å². The van der Waals surface area contributed by atoms with Crippen molar-refractivity contribution in [2.75, 3.05) is 11.9 Å². The van der Waals surface area contributed by atoms with Gasteiger partial charge in [0.1, 0.15) is 0 Å². The molecule has 4 rings (SSSR count). The molecule has 8 nitrogen and oxygen atoms in total. The van der Waals surface area contributed by atoms with Crippen LogP contribution in [0.2, 0.25) is 0 Å². The van der Waals surface area contributed by atoms with E-state index in [1.54, 1.807) is 6.07 Å². The van der Waals surface area contributed by atoms with Gasteiger partial charge < -0.3 is 5.32 Å². The van der Waals surface area contributed by atoms with E-state index in [0.717, 1.165) is 11.1 Å². The standard InChI is InChI=1S/C25H24N4O4S/c1-14(2)12-29-23(32)19-9-8-18(10-20(19)24(29)33)22(31)28-25-27-21(13-34-25)17-6-4-16(5-7-17)11-26-15(3)30/h4-10,13-14H,11-12H2,1-3H3,(H,26,30)(H,27,28,31). The third kappa shape index (κ3) is 4.89. The largest absolute Gasteiger partial charge is 0.352 e. The molecule has 0 atom stereocenters. The highest BCUT2D eigenvalue weighted by Crippen LogP contribution is 2.27. The third-order valence-electron chi connectivity index (χ3n) is 5.30. The first-order valence-corrected chi connectivity index (χ1v) is 11.7. The van der Waals surface area contributed by atoms with Gasteiger partial charge >= 0.3 is 0 Å². The average Bonchev–Trinajstić information content (AvgIpc) is 3.36. The lowest BCUT2D eigenvalue weighted by Gasteiger charge is -2.15. The van der Waals surface area contributed by atoms with Gasteiger partial charge in [0.15, 0.2) is 5.13 Å². The zero-order valence-electron chi connectivity index (χ0n) is 19.0. The van der Waals surface area contributed by atoms with Crippen LogP contribution < -0.4 is 10.6 Å². The summed E-state index contributed by atoms with van der Waals surface area (Å²) in [7, 11) is 0. The van der Waals surface area contributed by atoms with Crippen molar-refractivity contribution < 1.29 is 19.2 Å². The molecular formula is C25H24N4O4S. The predicted octanol–water partition coefficient (Wildman–Crippen LogP) is 3.95. The van der Waals surface area contributed by atoms with E-state index >= 15 is 0 Å². The molecule has 0 radical (unpaired) electrons. The first-order valence-electron chi connectivity index (χ1n) is 10.8. The number of rotatable bonds is 7. The number of nitrogens with one attached hydrogen (secondary N) is 2. The molecule has 2 heterocycles. The summed E-state index contributed by atoms with van der Waals surface area (Å²) >= 11 is 1.29. The van der Waals surface area contributed by atoms with E-state index in [1.807, 2.05) is 43.5 Å². The van der Waals surface area contributed by atoms with Gasteiger partial charge in [-0.3, -0.25) is 29.4 Å². The fourth-order valence-corrected chi connectivity index (χ4v) is 4.33. The van der Waals surface area contributed by atoms with Gasteiger partial charge in [-0.15, -0.1) is 11.3 Å². The first-order chi connectivity index (χ1) is 16.2. The summed E-state index contributed by atoms with van der Waals surface area (Å²) in [5.74, 6) is -1.04. The Morgan fingerprint density at radius 3 is 2.41 bits per heavy atom. The molecule has 0 unspecified atom stereocenters. The molecule has 0 fully saturated rings. The Hall–Kier alpha value is -3.85. The van der Waals surface area contributed by atoms with Crippen molar-refractivity contribution in [3.63, 3.8) is 0 Å². The Kier molecular flexibility index (Phi) is 6.56. The highest BCUT2D eigenvalue weighted by molar-refractivity contribution is 7.14. The molecule has 174 valence electrons.